The lowest BCUT2D eigenvalue weighted by atomic mass is 10.0. The van der Waals surface area contributed by atoms with Crippen LogP contribution in [0.3, 0.4) is 0 Å². The van der Waals surface area contributed by atoms with Crippen molar-refractivity contribution in [1.82, 2.24) is 0 Å². The molecule has 0 radical (unpaired) electrons. The van der Waals surface area contributed by atoms with E-state index in [0.717, 1.165) is 6.42 Å². The van der Waals surface area contributed by atoms with E-state index in [9.17, 15) is 14.9 Å². The highest BCUT2D eigenvalue weighted by Gasteiger charge is 2.20. The van der Waals surface area contributed by atoms with Crippen LogP contribution in [0.25, 0.3) is 0 Å². The monoisotopic (exact) mass is 266 g/mol. The van der Waals surface area contributed by atoms with Gasteiger partial charge in [-0.1, -0.05) is 20.8 Å². The van der Waals surface area contributed by atoms with Crippen molar-refractivity contribution in [3.05, 3.63) is 33.9 Å². The molecule has 1 rings (SSSR count). The van der Waals surface area contributed by atoms with Crippen molar-refractivity contribution in [1.29, 1.82) is 0 Å². The first-order valence-electron chi connectivity index (χ1n) is 6.15. The second-order valence-electron chi connectivity index (χ2n) is 4.70. The van der Waals surface area contributed by atoms with Crippen LogP contribution in [0.4, 0.5) is 11.4 Å². The van der Waals surface area contributed by atoms with Gasteiger partial charge in [0.25, 0.3) is 5.69 Å². The molecule has 6 heteroatoms. The topological polar surface area (TPSA) is 92.5 Å². The first-order valence-corrected chi connectivity index (χ1v) is 6.15. The fourth-order valence-electron chi connectivity index (χ4n) is 1.88. The van der Waals surface area contributed by atoms with Crippen molar-refractivity contribution in [2.75, 3.05) is 5.32 Å². The maximum atomic E-state index is 11.0. The Balaban J connectivity index is 3.17. The number of anilines is 1. The predicted molar refractivity (Wildman–Crippen MR) is 72.6 cm³/mol. The second-order valence-corrected chi connectivity index (χ2v) is 4.70. The van der Waals surface area contributed by atoms with E-state index in [4.69, 9.17) is 5.11 Å². The molecule has 2 N–H and O–H groups in total. The zero-order valence-corrected chi connectivity index (χ0v) is 11.2. The van der Waals surface area contributed by atoms with Crippen LogP contribution >= 0.6 is 0 Å². The Morgan fingerprint density at radius 2 is 2.11 bits per heavy atom. The highest BCUT2D eigenvalue weighted by atomic mass is 16.6. The molecule has 0 spiro atoms. The molecule has 0 fully saturated rings. The van der Waals surface area contributed by atoms with Gasteiger partial charge in [0.1, 0.15) is 5.69 Å². The molecule has 0 aliphatic carbocycles. The van der Waals surface area contributed by atoms with Gasteiger partial charge >= 0.3 is 5.97 Å². The van der Waals surface area contributed by atoms with Gasteiger partial charge in [0, 0.05) is 12.1 Å². The molecule has 1 aromatic rings. The highest BCUT2D eigenvalue weighted by Crippen LogP contribution is 2.27. The summed E-state index contributed by atoms with van der Waals surface area (Å²) in [5.74, 6) is -0.811. The Bertz CT molecular complexity index is 486. The molecule has 104 valence electrons. The average Bonchev–Trinajstić information content (AvgIpc) is 2.34. The van der Waals surface area contributed by atoms with E-state index in [-0.39, 0.29) is 28.9 Å². The molecule has 6 nitrogen and oxygen atoms in total. The second kappa shape index (κ2) is 6.17. The smallest absolute Gasteiger partial charge is 0.335 e. The van der Waals surface area contributed by atoms with Crippen LogP contribution in [-0.4, -0.2) is 22.0 Å². The van der Waals surface area contributed by atoms with Crippen LogP contribution in [0.2, 0.25) is 0 Å². The van der Waals surface area contributed by atoms with E-state index in [2.05, 4.69) is 5.32 Å². The third-order valence-corrected chi connectivity index (χ3v) is 3.03. The van der Waals surface area contributed by atoms with Crippen molar-refractivity contribution in [2.45, 2.75) is 33.2 Å². The summed E-state index contributed by atoms with van der Waals surface area (Å²) >= 11 is 0. The standard InChI is InChI=1S/C13H18N2O4/c1-4-10(8(2)3)14-11-7-9(13(16)17)5-6-12(11)15(18)19/h5-8,10,14H,4H2,1-3H3,(H,16,17). The van der Waals surface area contributed by atoms with Crippen molar-refractivity contribution >= 4 is 17.3 Å². The molecular formula is C13H18N2O4. The van der Waals surface area contributed by atoms with Crippen LogP contribution in [0.1, 0.15) is 37.6 Å². The zero-order valence-electron chi connectivity index (χ0n) is 11.2. The van der Waals surface area contributed by atoms with Crippen molar-refractivity contribution in [2.24, 2.45) is 5.92 Å². The number of hydrogen-bond donors (Lipinski definition) is 2. The van der Waals surface area contributed by atoms with E-state index in [1.165, 1.54) is 18.2 Å². The first-order chi connectivity index (χ1) is 8.86. The molecule has 0 aliphatic heterocycles. The van der Waals surface area contributed by atoms with Gasteiger partial charge in [-0.25, -0.2) is 4.79 Å². The van der Waals surface area contributed by atoms with Crippen molar-refractivity contribution in [3.8, 4) is 0 Å². The van der Waals surface area contributed by atoms with E-state index in [1.54, 1.807) is 0 Å². The summed E-state index contributed by atoms with van der Waals surface area (Å²) in [6.45, 7) is 5.99. The van der Waals surface area contributed by atoms with Crippen molar-refractivity contribution < 1.29 is 14.8 Å². The van der Waals surface area contributed by atoms with Crippen LogP contribution in [0.5, 0.6) is 0 Å². The number of rotatable bonds is 6. The van der Waals surface area contributed by atoms with Gasteiger partial charge in [0.05, 0.1) is 10.5 Å². The van der Waals surface area contributed by atoms with Crippen LogP contribution in [0, 0.1) is 16.0 Å². The Labute approximate surface area is 111 Å². The molecule has 1 aromatic carbocycles. The summed E-state index contributed by atoms with van der Waals surface area (Å²) in [5, 5.41) is 23.0. The molecule has 0 aliphatic rings. The minimum absolute atomic E-state index is 0.0340. The molecule has 0 saturated heterocycles. The number of nitrogens with one attached hydrogen (secondary N) is 1. The van der Waals surface area contributed by atoms with Gasteiger partial charge in [-0.15, -0.1) is 0 Å². The Kier molecular flexibility index (Phi) is 4.86. The molecule has 1 atom stereocenters. The number of nitro groups is 1. The fraction of sp³-hybridized carbons (Fsp3) is 0.462. The SMILES string of the molecule is CCC(Nc1cc(C(=O)O)ccc1[N+](=O)[O-])C(C)C. The van der Waals surface area contributed by atoms with Gasteiger partial charge < -0.3 is 10.4 Å². The predicted octanol–water partition coefficient (Wildman–Crippen LogP) is 3.14. The zero-order chi connectivity index (χ0) is 14.6. The Morgan fingerprint density at radius 3 is 2.53 bits per heavy atom. The maximum Gasteiger partial charge on any atom is 0.335 e. The van der Waals surface area contributed by atoms with Gasteiger partial charge in [0.2, 0.25) is 0 Å². The molecule has 0 amide bonds. The lowest BCUT2D eigenvalue weighted by Gasteiger charge is -2.22. The van der Waals surface area contributed by atoms with Gasteiger partial charge in [-0.2, -0.15) is 0 Å². The summed E-state index contributed by atoms with van der Waals surface area (Å²) in [7, 11) is 0. The van der Waals surface area contributed by atoms with E-state index in [1.807, 2.05) is 20.8 Å². The van der Waals surface area contributed by atoms with E-state index >= 15 is 0 Å². The summed E-state index contributed by atoms with van der Waals surface area (Å²) in [6.07, 6.45) is 0.798. The Hall–Kier alpha value is -2.11. The lowest BCUT2D eigenvalue weighted by Crippen LogP contribution is -2.25. The molecule has 19 heavy (non-hydrogen) atoms. The number of hydrogen-bond acceptors (Lipinski definition) is 4. The molecular weight excluding hydrogens is 248 g/mol. The maximum absolute atomic E-state index is 11.0. The number of nitrogens with zero attached hydrogens (tertiary/aromatic N) is 1. The fourth-order valence-corrected chi connectivity index (χ4v) is 1.88. The summed E-state index contributed by atoms with van der Waals surface area (Å²) < 4.78 is 0. The van der Waals surface area contributed by atoms with Gasteiger partial charge in [-0.3, -0.25) is 10.1 Å². The normalized spacial score (nSPS) is 12.2. The number of aromatic carboxylic acids is 1. The van der Waals surface area contributed by atoms with E-state index < -0.39 is 10.9 Å². The summed E-state index contributed by atoms with van der Waals surface area (Å²) in [4.78, 5) is 21.4. The van der Waals surface area contributed by atoms with Gasteiger partial charge in [0.15, 0.2) is 0 Å². The molecule has 0 aromatic heterocycles. The first kappa shape index (κ1) is 14.9. The number of nitro benzene ring substituents is 1. The number of carbonyl (C=O) groups is 1. The lowest BCUT2D eigenvalue weighted by molar-refractivity contribution is -0.384. The minimum Gasteiger partial charge on any atom is -0.478 e. The van der Waals surface area contributed by atoms with Crippen molar-refractivity contribution in [3.63, 3.8) is 0 Å². The molecule has 1 unspecified atom stereocenters. The number of carboxylic acids is 1. The molecule has 0 heterocycles. The highest BCUT2D eigenvalue weighted by molar-refractivity contribution is 5.90. The number of benzene rings is 1. The average molecular weight is 266 g/mol. The largest absolute Gasteiger partial charge is 0.478 e. The third kappa shape index (κ3) is 3.67. The summed E-state index contributed by atoms with van der Waals surface area (Å²) in [6, 6.07) is 3.83. The minimum atomic E-state index is -1.10. The quantitative estimate of drug-likeness (QED) is 0.609. The van der Waals surface area contributed by atoms with Crippen LogP contribution in [0.15, 0.2) is 18.2 Å². The Morgan fingerprint density at radius 1 is 1.47 bits per heavy atom. The summed E-state index contributed by atoms with van der Waals surface area (Å²) in [5.41, 5.74) is 0.182. The number of carboxylic acid groups (broad SMARTS) is 1. The van der Waals surface area contributed by atoms with Gasteiger partial charge in [-0.05, 0) is 24.5 Å². The third-order valence-electron chi connectivity index (χ3n) is 3.03. The molecule has 0 saturated carbocycles. The van der Waals surface area contributed by atoms with E-state index in [0.29, 0.717) is 0 Å². The van der Waals surface area contributed by atoms with Crippen LogP contribution < -0.4 is 5.32 Å². The molecule has 0 bridgehead atoms. The van der Waals surface area contributed by atoms with Crippen LogP contribution in [-0.2, 0) is 0 Å².